The number of rotatable bonds is 1. The number of allylic oxidation sites excluding steroid dienone is 2. The van der Waals surface area contributed by atoms with Crippen LogP contribution in [0.4, 0.5) is 0 Å². The number of nitrogens with one attached hydrogen (secondary N) is 1. The summed E-state index contributed by atoms with van der Waals surface area (Å²) in [6.07, 6.45) is 3.45. The molecule has 2 aliphatic heterocycles. The molecule has 0 aromatic carbocycles. The lowest BCUT2D eigenvalue weighted by molar-refractivity contribution is 0.189. The van der Waals surface area contributed by atoms with Crippen molar-refractivity contribution in [3.8, 4) is 0 Å². The summed E-state index contributed by atoms with van der Waals surface area (Å²) < 4.78 is 5.74. The first kappa shape index (κ1) is 8.67. The molecule has 0 fully saturated rings. The first-order chi connectivity index (χ1) is 6.33. The van der Waals surface area contributed by atoms with Gasteiger partial charge in [0.15, 0.2) is 0 Å². The van der Waals surface area contributed by atoms with Crippen LogP contribution in [0.15, 0.2) is 22.6 Å². The maximum atomic E-state index is 5.74. The van der Waals surface area contributed by atoms with Crippen molar-refractivity contribution >= 4 is 0 Å². The van der Waals surface area contributed by atoms with Crippen LogP contribution in [-0.4, -0.2) is 13.2 Å². The maximum Gasteiger partial charge on any atom is 0.125 e. The van der Waals surface area contributed by atoms with Crippen LogP contribution >= 0.6 is 0 Å². The predicted octanol–water partition coefficient (Wildman–Crippen LogP) is 2.34. The first-order valence-corrected chi connectivity index (χ1v) is 5.11. The average molecular weight is 179 g/mol. The van der Waals surface area contributed by atoms with Crippen molar-refractivity contribution in [2.24, 2.45) is 0 Å². The van der Waals surface area contributed by atoms with Crippen LogP contribution < -0.4 is 5.32 Å². The Hall–Kier alpha value is -0.920. The van der Waals surface area contributed by atoms with E-state index < -0.39 is 0 Å². The molecule has 0 amide bonds. The van der Waals surface area contributed by atoms with Gasteiger partial charge in [0.05, 0.1) is 6.61 Å². The first-order valence-electron chi connectivity index (χ1n) is 5.11. The third kappa shape index (κ3) is 1.45. The van der Waals surface area contributed by atoms with Crippen LogP contribution in [0.3, 0.4) is 0 Å². The molecule has 13 heavy (non-hydrogen) atoms. The van der Waals surface area contributed by atoms with E-state index in [1.807, 2.05) is 0 Å². The molecule has 0 aliphatic carbocycles. The van der Waals surface area contributed by atoms with Gasteiger partial charge in [-0.05, 0) is 31.8 Å². The summed E-state index contributed by atoms with van der Waals surface area (Å²) in [7, 11) is 0. The van der Waals surface area contributed by atoms with Crippen molar-refractivity contribution < 1.29 is 4.74 Å². The van der Waals surface area contributed by atoms with Crippen LogP contribution in [0.5, 0.6) is 0 Å². The molecule has 2 heteroatoms. The minimum absolute atomic E-state index is 0.898. The second kappa shape index (κ2) is 3.44. The maximum absolute atomic E-state index is 5.74. The lowest BCUT2D eigenvalue weighted by atomic mass is 9.96. The summed E-state index contributed by atoms with van der Waals surface area (Å²) in [5, 5.41) is 3.42. The lowest BCUT2D eigenvalue weighted by Gasteiger charge is -2.29. The van der Waals surface area contributed by atoms with E-state index in [9.17, 15) is 0 Å². The van der Waals surface area contributed by atoms with Crippen molar-refractivity contribution in [1.29, 1.82) is 0 Å². The van der Waals surface area contributed by atoms with Crippen molar-refractivity contribution in [3.05, 3.63) is 22.6 Å². The highest BCUT2D eigenvalue weighted by Crippen LogP contribution is 2.30. The van der Waals surface area contributed by atoms with Gasteiger partial charge in [-0.15, -0.1) is 0 Å². The van der Waals surface area contributed by atoms with E-state index in [1.54, 1.807) is 0 Å². The Morgan fingerprint density at radius 1 is 1.46 bits per heavy atom. The standard InChI is InChI=1S/C11H17NO/c1-3-10-8(2)12-7-9-5-4-6-13-11(9)10/h12H,3-7H2,1-2H3. The summed E-state index contributed by atoms with van der Waals surface area (Å²) in [4.78, 5) is 0. The number of hydrogen-bond acceptors (Lipinski definition) is 2. The van der Waals surface area contributed by atoms with Gasteiger partial charge in [0.2, 0.25) is 0 Å². The Morgan fingerprint density at radius 3 is 3.08 bits per heavy atom. The van der Waals surface area contributed by atoms with Crippen molar-refractivity contribution in [2.75, 3.05) is 13.2 Å². The molecule has 0 saturated carbocycles. The highest BCUT2D eigenvalue weighted by atomic mass is 16.5. The highest BCUT2D eigenvalue weighted by Gasteiger charge is 2.21. The van der Waals surface area contributed by atoms with Gasteiger partial charge >= 0.3 is 0 Å². The molecule has 0 aromatic heterocycles. The largest absolute Gasteiger partial charge is 0.493 e. The molecule has 0 spiro atoms. The Bertz CT molecular complexity index is 276. The molecule has 0 bridgehead atoms. The smallest absolute Gasteiger partial charge is 0.125 e. The van der Waals surface area contributed by atoms with Crippen LogP contribution in [0.2, 0.25) is 0 Å². The van der Waals surface area contributed by atoms with E-state index in [-0.39, 0.29) is 0 Å². The molecule has 2 rings (SSSR count). The molecule has 2 nitrogen and oxygen atoms in total. The predicted molar refractivity (Wildman–Crippen MR) is 53.2 cm³/mol. The molecule has 1 N–H and O–H groups in total. The topological polar surface area (TPSA) is 21.3 Å². The SMILES string of the molecule is CCC1=C(C)NCC2=C1OCCC2. The van der Waals surface area contributed by atoms with Crippen LogP contribution in [0.25, 0.3) is 0 Å². The van der Waals surface area contributed by atoms with Gasteiger partial charge in [-0.2, -0.15) is 0 Å². The van der Waals surface area contributed by atoms with Gasteiger partial charge in [-0.3, -0.25) is 0 Å². The van der Waals surface area contributed by atoms with Crippen LogP contribution in [0, 0.1) is 0 Å². The summed E-state index contributed by atoms with van der Waals surface area (Å²) in [6, 6.07) is 0. The van der Waals surface area contributed by atoms with Gasteiger partial charge in [0.1, 0.15) is 5.76 Å². The van der Waals surface area contributed by atoms with Crippen LogP contribution in [0.1, 0.15) is 33.1 Å². The van der Waals surface area contributed by atoms with Gasteiger partial charge in [0, 0.05) is 17.8 Å². The van der Waals surface area contributed by atoms with Crippen molar-refractivity contribution in [3.63, 3.8) is 0 Å². The Labute approximate surface area is 79.7 Å². The Morgan fingerprint density at radius 2 is 2.31 bits per heavy atom. The summed E-state index contributed by atoms with van der Waals surface area (Å²) >= 11 is 0. The van der Waals surface area contributed by atoms with E-state index in [0.717, 1.165) is 19.6 Å². The molecule has 2 heterocycles. The van der Waals surface area contributed by atoms with E-state index in [2.05, 4.69) is 19.2 Å². The van der Waals surface area contributed by atoms with E-state index >= 15 is 0 Å². The second-order valence-electron chi connectivity index (χ2n) is 3.70. The van der Waals surface area contributed by atoms with E-state index in [4.69, 9.17) is 4.74 Å². The zero-order valence-corrected chi connectivity index (χ0v) is 8.44. The zero-order valence-electron chi connectivity index (χ0n) is 8.44. The van der Waals surface area contributed by atoms with Crippen molar-refractivity contribution in [1.82, 2.24) is 5.32 Å². The fraction of sp³-hybridized carbons (Fsp3) is 0.636. The lowest BCUT2D eigenvalue weighted by Crippen LogP contribution is -2.26. The third-order valence-electron chi connectivity index (χ3n) is 2.84. The molecule has 0 aromatic rings. The summed E-state index contributed by atoms with van der Waals surface area (Å²) in [6.45, 7) is 6.22. The fourth-order valence-electron chi connectivity index (χ4n) is 2.09. The van der Waals surface area contributed by atoms with Gasteiger partial charge in [-0.25, -0.2) is 0 Å². The van der Waals surface area contributed by atoms with E-state index in [1.165, 1.54) is 35.4 Å². The minimum Gasteiger partial charge on any atom is -0.493 e. The normalized spacial score (nSPS) is 22.3. The molecule has 0 atom stereocenters. The van der Waals surface area contributed by atoms with E-state index in [0.29, 0.717) is 0 Å². The van der Waals surface area contributed by atoms with Gasteiger partial charge in [0.25, 0.3) is 0 Å². The summed E-state index contributed by atoms with van der Waals surface area (Å²) in [5.41, 5.74) is 4.14. The van der Waals surface area contributed by atoms with Crippen LogP contribution in [-0.2, 0) is 4.74 Å². The molecule has 0 radical (unpaired) electrons. The third-order valence-corrected chi connectivity index (χ3v) is 2.84. The van der Waals surface area contributed by atoms with Gasteiger partial charge in [-0.1, -0.05) is 6.92 Å². The highest BCUT2D eigenvalue weighted by molar-refractivity contribution is 5.38. The molecule has 0 saturated heterocycles. The minimum atomic E-state index is 0.898. The van der Waals surface area contributed by atoms with Crippen molar-refractivity contribution in [2.45, 2.75) is 33.1 Å². The number of hydrogen-bond donors (Lipinski definition) is 1. The average Bonchev–Trinajstić information content (AvgIpc) is 2.18. The molecular weight excluding hydrogens is 162 g/mol. The quantitative estimate of drug-likeness (QED) is 0.667. The number of ether oxygens (including phenoxy) is 1. The molecule has 2 aliphatic rings. The Balaban J connectivity index is 2.34. The zero-order chi connectivity index (χ0) is 9.26. The second-order valence-corrected chi connectivity index (χ2v) is 3.70. The monoisotopic (exact) mass is 179 g/mol. The fourth-order valence-corrected chi connectivity index (χ4v) is 2.09. The number of dihydropyridines is 1. The Kier molecular flexibility index (Phi) is 2.30. The molecular formula is C11H17NO. The molecule has 72 valence electrons. The summed E-state index contributed by atoms with van der Waals surface area (Å²) in [5.74, 6) is 1.20. The molecule has 0 unspecified atom stereocenters. The van der Waals surface area contributed by atoms with Gasteiger partial charge < -0.3 is 10.1 Å².